The normalized spacial score (nSPS) is 21.3. The van der Waals surface area contributed by atoms with E-state index in [0.29, 0.717) is 25.3 Å². The number of carbonyl (C=O) groups is 1. The van der Waals surface area contributed by atoms with Crippen LogP contribution in [0, 0.1) is 5.82 Å². The fourth-order valence-corrected chi connectivity index (χ4v) is 2.26. The van der Waals surface area contributed by atoms with E-state index in [1.807, 2.05) is 6.92 Å². The van der Waals surface area contributed by atoms with E-state index < -0.39 is 5.82 Å². The average molecular weight is 287 g/mol. The zero-order chi connectivity index (χ0) is 14.0. The van der Waals surface area contributed by atoms with E-state index in [1.54, 1.807) is 4.90 Å². The van der Waals surface area contributed by atoms with Gasteiger partial charge in [-0.3, -0.25) is 4.79 Å². The molecule has 1 aromatic carbocycles. The van der Waals surface area contributed by atoms with Crippen molar-refractivity contribution in [1.82, 2.24) is 4.90 Å². The fraction of sp³-hybridized carbons (Fsp3) is 0.462. The van der Waals surface area contributed by atoms with Gasteiger partial charge in [-0.1, -0.05) is 11.6 Å². The maximum atomic E-state index is 13.0. The first-order valence-corrected chi connectivity index (χ1v) is 6.48. The molecule has 104 valence electrons. The Morgan fingerprint density at radius 2 is 2.37 bits per heavy atom. The lowest BCUT2D eigenvalue weighted by atomic mass is 10.1. The van der Waals surface area contributed by atoms with Crippen molar-refractivity contribution >= 4 is 17.5 Å². The smallest absolute Gasteiger partial charge is 0.255 e. The monoisotopic (exact) mass is 286 g/mol. The molecule has 1 amide bonds. The van der Waals surface area contributed by atoms with Crippen LogP contribution >= 0.6 is 11.6 Å². The van der Waals surface area contributed by atoms with E-state index in [4.69, 9.17) is 22.1 Å². The zero-order valence-corrected chi connectivity index (χ0v) is 11.4. The molecule has 1 aliphatic heterocycles. The van der Waals surface area contributed by atoms with E-state index in [-0.39, 0.29) is 23.1 Å². The van der Waals surface area contributed by atoms with Gasteiger partial charge in [0.2, 0.25) is 0 Å². The second-order valence-electron chi connectivity index (χ2n) is 4.64. The van der Waals surface area contributed by atoms with Crippen LogP contribution in [0.2, 0.25) is 5.02 Å². The van der Waals surface area contributed by atoms with Crippen LogP contribution in [0.3, 0.4) is 0 Å². The summed E-state index contributed by atoms with van der Waals surface area (Å²) in [5.41, 5.74) is 6.08. The lowest BCUT2D eigenvalue weighted by Crippen LogP contribution is -2.51. The highest BCUT2D eigenvalue weighted by molar-refractivity contribution is 6.33. The molecule has 4 nitrogen and oxygen atoms in total. The molecule has 0 bridgehead atoms. The van der Waals surface area contributed by atoms with Crippen molar-refractivity contribution in [3.63, 3.8) is 0 Å². The summed E-state index contributed by atoms with van der Waals surface area (Å²) < 4.78 is 18.5. The number of rotatable bonds is 2. The third kappa shape index (κ3) is 3.23. The van der Waals surface area contributed by atoms with Gasteiger partial charge in [-0.25, -0.2) is 4.39 Å². The van der Waals surface area contributed by atoms with Gasteiger partial charge in [0.1, 0.15) is 5.82 Å². The van der Waals surface area contributed by atoms with E-state index in [9.17, 15) is 9.18 Å². The molecule has 1 heterocycles. The minimum atomic E-state index is -0.461. The number of nitrogens with two attached hydrogens (primary N) is 1. The summed E-state index contributed by atoms with van der Waals surface area (Å²) in [4.78, 5) is 14.0. The topological polar surface area (TPSA) is 55.6 Å². The van der Waals surface area contributed by atoms with Gasteiger partial charge in [0.05, 0.1) is 23.3 Å². The zero-order valence-electron chi connectivity index (χ0n) is 10.6. The summed E-state index contributed by atoms with van der Waals surface area (Å²) >= 11 is 5.90. The Hall–Kier alpha value is -1.17. The van der Waals surface area contributed by atoms with Gasteiger partial charge in [-0.2, -0.15) is 0 Å². The molecule has 2 rings (SSSR count). The molecular formula is C13H16ClFN2O2. The molecule has 1 aromatic rings. The summed E-state index contributed by atoms with van der Waals surface area (Å²) in [5, 5.41) is 0.119. The van der Waals surface area contributed by atoms with Crippen molar-refractivity contribution in [2.75, 3.05) is 19.7 Å². The third-order valence-corrected chi connectivity index (χ3v) is 3.44. The minimum absolute atomic E-state index is 0.119. The first kappa shape index (κ1) is 14.2. The second kappa shape index (κ2) is 5.86. The number of nitrogens with zero attached hydrogens (tertiary/aromatic N) is 1. The molecule has 1 aliphatic rings. The number of benzene rings is 1. The maximum Gasteiger partial charge on any atom is 0.255 e. The third-order valence-electron chi connectivity index (χ3n) is 3.13. The quantitative estimate of drug-likeness (QED) is 0.900. The number of amides is 1. The molecule has 0 spiro atoms. The van der Waals surface area contributed by atoms with Crippen LogP contribution in [0.1, 0.15) is 17.3 Å². The van der Waals surface area contributed by atoms with Crippen molar-refractivity contribution in [3.05, 3.63) is 34.6 Å². The van der Waals surface area contributed by atoms with Crippen molar-refractivity contribution in [2.45, 2.75) is 19.1 Å². The van der Waals surface area contributed by atoms with Crippen molar-refractivity contribution in [3.8, 4) is 0 Å². The molecule has 0 unspecified atom stereocenters. The Morgan fingerprint density at radius 1 is 1.63 bits per heavy atom. The summed E-state index contributed by atoms with van der Waals surface area (Å²) in [5.74, 6) is -0.684. The van der Waals surface area contributed by atoms with Gasteiger partial charge in [0, 0.05) is 19.1 Å². The second-order valence-corrected chi connectivity index (χ2v) is 5.05. The summed E-state index contributed by atoms with van der Waals surface area (Å²) in [6.45, 7) is 3.18. The minimum Gasteiger partial charge on any atom is -0.373 e. The number of morpholine rings is 1. The number of ether oxygens (including phenoxy) is 1. The molecular weight excluding hydrogens is 271 g/mol. The molecule has 1 saturated heterocycles. The number of hydrogen-bond acceptors (Lipinski definition) is 3. The highest BCUT2D eigenvalue weighted by Crippen LogP contribution is 2.20. The van der Waals surface area contributed by atoms with Gasteiger partial charge >= 0.3 is 0 Å². The van der Waals surface area contributed by atoms with Crippen LogP contribution in [-0.4, -0.2) is 42.6 Å². The SMILES string of the molecule is C[C@H](N)[C@H]1CN(C(=O)c2ccc(F)cc2Cl)CCO1. The molecule has 0 radical (unpaired) electrons. The van der Waals surface area contributed by atoms with E-state index in [2.05, 4.69) is 0 Å². The molecule has 0 aromatic heterocycles. The van der Waals surface area contributed by atoms with Crippen molar-refractivity contribution in [2.24, 2.45) is 5.73 Å². The largest absolute Gasteiger partial charge is 0.373 e. The van der Waals surface area contributed by atoms with Crippen LogP contribution in [-0.2, 0) is 4.74 Å². The highest BCUT2D eigenvalue weighted by atomic mass is 35.5. The highest BCUT2D eigenvalue weighted by Gasteiger charge is 2.28. The van der Waals surface area contributed by atoms with E-state index >= 15 is 0 Å². The molecule has 0 saturated carbocycles. The molecule has 19 heavy (non-hydrogen) atoms. The van der Waals surface area contributed by atoms with E-state index in [1.165, 1.54) is 12.1 Å². The number of halogens is 2. The molecule has 6 heteroatoms. The molecule has 2 N–H and O–H groups in total. The Bertz CT molecular complexity index is 482. The first-order chi connectivity index (χ1) is 8.99. The van der Waals surface area contributed by atoms with Crippen LogP contribution < -0.4 is 5.73 Å². The maximum absolute atomic E-state index is 13.0. The number of hydrogen-bond donors (Lipinski definition) is 1. The van der Waals surface area contributed by atoms with Gasteiger partial charge in [0.15, 0.2) is 0 Å². The molecule has 2 atom stereocenters. The Kier molecular flexibility index (Phi) is 4.39. The van der Waals surface area contributed by atoms with Gasteiger partial charge in [-0.15, -0.1) is 0 Å². The predicted molar refractivity (Wildman–Crippen MR) is 70.7 cm³/mol. The predicted octanol–water partition coefficient (Wildman–Crippen LogP) is 1.67. The summed E-state index contributed by atoms with van der Waals surface area (Å²) in [7, 11) is 0. The summed E-state index contributed by atoms with van der Waals surface area (Å²) in [6.07, 6.45) is -0.183. The lowest BCUT2D eigenvalue weighted by molar-refractivity contribution is -0.0300. The van der Waals surface area contributed by atoms with Crippen LogP contribution in [0.4, 0.5) is 4.39 Å². The standard InChI is InChI=1S/C13H16ClFN2O2/c1-8(16)12-7-17(4-5-19-12)13(18)10-3-2-9(15)6-11(10)14/h2-3,6,8,12H,4-5,7,16H2,1H3/t8-,12+/m0/s1. The molecule has 0 aliphatic carbocycles. The van der Waals surface area contributed by atoms with E-state index in [0.717, 1.165) is 6.07 Å². The van der Waals surface area contributed by atoms with Crippen LogP contribution in [0.15, 0.2) is 18.2 Å². The van der Waals surface area contributed by atoms with Gasteiger partial charge in [-0.05, 0) is 25.1 Å². The van der Waals surface area contributed by atoms with Gasteiger partial charge in [0.25, 0.3) is 5.91 Å². The summed E-state index contributed by atoms with van der Waals surface area (Å²) in [6, 6.07) is 3.61. The van der Waals surface area contributed by atoms with Crippen LogP contribution in [0.5, 0.6) is 0 Å². The van der Waals surface area contributed by atoms with Gasteiger partial charge < -0.3 is 15.4 Å². The molecule has 1 fully saturated rings. The Morgan fingerprint density at radius 3 is 3.00 bits per heavy atom. The number of carbonyl (C=O) groups excluding carboxylic acids is 1. The Labute approximate surface area is 116 Å². The fourth-order valence-electron chi connectivity index (χ4n) is 2.01. The van der Waals surface area contributed by atoms with Crippen LogP contribution in [0.25, 0.3) is 0 Å². The van der Waals surface area contributed by atoms with Crippen molar-refractivity contribution < 1.29 is 13.9 Å². The average Bonchev–Trinajstić information content (AvgIpc) is 2.38. The Balaban J connectivity index is 2.15. The lowest BCUT2D eigenvalue weighted by Gasteiger charge is -2.34. The van der Waals surface area contributed by atoms with Crippen molar-refractivity contribution in [1.29, 1.82) is 0 Å². The first-order valence-electron chi connectivity index (χ1n) is 6.10.